The van der Waals surface area contributed by atoms with Gasteiger partial charge in [-0.25, -0.2) is 9.78 Å². The van der Waals surface area contributed by atoms with E-state index in [1.807, 2.05) is 19.1 Å². The second-order valence-electron chi connectivity index (χ2n) is 3.33. The number of carbonyl (C=O) groups excluding carboxylic acids is 1. The number of methoxy groups -OCH3 is 1. The lowest BCUT2D eigenvalue weighted by Crippen LogP contribution is -2.27. The van der Waals surface area contributed by atoms with Crippen molar-refractivity contribution in [1.82, 2.24) is 4.98 Å². The minimum atomic E-state index is -0.408. The molecule has 1 unspecified atom stereocenters. The summed E-state index contributed by atoms with van der Waals surface area (Å²) in [6.45, 7) is 4.54. The van der Waals surface area contributed by atoms with Crippen molar-refractivity contribution in [2.45, 2.75) is 19.9 Å². The first-order valence-electron chi connectivity index (χ1n) is 5.22. The summed E-state index contributed by atoms with van der Waals surface area (Å²) in [5.74, 6) is 1.12. The predicted octanol–water partition coefficient (Wildman–Crippen LogP) is 1.49. The fraction of sp³-hybridized carbons (Fsp3) is 0.455. The molecule has 0 aromatic carbocycles. The number of nitrogens with zero attached hydrogens (tertiary/aromatic N) is 1. The lowest BCUT2D eigenvalue weighted by Gasteiger charge is -2.12. The quantitative estimate of drug-likeness (QED) is 0.740. The molecule has 0 radical (unpaired) electrons. The van der Waals surface area contributed by atoms with Crippen LogP contribution in [-0.2, 0) is 9.53 Å². The summed E-state index contributed by atoms with van der Waals surface area (Å²) in [5.41, 5.74) is 0. The Morgan fingerprint density at radius 3 is 2.81 bits per heavy atom. The van der Waals surface area contributed by atoms with Gasteiger partial charge < -0.3 is 15.4 Å². The lowest BCUT2D eigenvalue weighted by atomic mass is 10.3. The third kappa shape index (κ3) is 3.42. The van der Waals surface area contributed by atoms with Crippen LogP contribution in [0.2, 0.25) is 0 Å². The Morgan fingerprint density at radius 1 is 1.50 bits per heavy atom. The summed E-state index contributed by atoms with van der Waals surface area (Å²) < 4.78 is 4.62. The molecule has 0 spiro atoms. The number of nitrogens with one attached hydrogen (secondary N) is 2. The second-order valence-corrected chi connectivity index (χ2v) is 3.33. The molecule has 16 heavy (non-hydrogen) atoms. The summed E-state index contributed by atoms with van der Waals surface area (Å²) in [5, 5.41) is 6.06. The van der Waals surface area contributed by atoms with Crippen molar-refractivity contribution in [2.75, 3.05) is 24.3 Å². The molecule has 5 heteroatoms. The van der Waals surface area contributed by atoms with Gasteiger partial charge in [-0.2, -0.15) is 0 Å². The molecule has 1 rings (SSSR count). The van der Waals surface area contributed by atoms with Gasteiger partial charge in [0.05, 0.1) is 7.11 Å². The Labute approximate surface area is 95.2 Å². The molecule has 1 aromatic rings. The first-order chi connectivity index (χ1) is 7.67. The maximum absolute atomic E-state index is 11.2. The second kappa shape index (κ2) is 5.95. The van der Waals surface area contributed by atoms with Crippen molar-refractivity contribution in [1.29, 1.82) is 0 Å². The van der Waals surface area contributed by atoms with Crippen molar-refractivity contribution in [3.63, 3.8) is 0 Å². The van der Waals surface area contributed by atoms with Crippen LogP contribution in [0.4, 0.5) is 11.6 Å². The molecule has 0 saturated heterocycles. The third-order valence-electron chi connectivity index (χ3n) is 2.03. The Morgan fingerprint density at radius 2 is 2.19 bits per heavy atom. The highest BCUT2D eigenvalue weighted by molar-refractivity contribution is 5.78. The van der Waals surface area contributed by atoms with Crippen LogP contribution in [0.15, 0.2) is 18.2 Å². The number of aromatic nitrogens is 1. The van der Waals surface area contributed by atoms with Crippen molar-refractivity contribution >= 4 is 17.6 Å². The van der Waals surface area contributed by atoms with E-state index in [-0.39, 0.29) is 5.97 Å². The molecular formula is C11H17N3O2. The zero-order valence-corrected chi connectivity index (χ0v) is 9.78. The molecule has 1 aromatic heterocycles. The number of carbonyl (C=O) groups is 1. The van der Waals surface area contributed by atoms with Crippen LogP contribution < -0.4 is 10.6 Å². The van der Waals surface area contributed by atoms with Crippen molar-refractivity contribution in [2.24, 2.45) is 0 Å². The topological polar surface area (TPSA) is 63.2 Å². The van der Waals surface area contributed by atoms with Gasteiger partial charge in [0.1, 0.15) is 17.7 Å². The van der Waals surface area contributed by atoms with E-state index < -0.39 is 6.04 Å². The van der Waals surface area contributed by atoms with Crippen LogP contribution in [0, 0.1) is 0 Å². The van der Waals surface area contributed by atoms with Gasteiger partial charge in [0.25, 0.3) is 0 Å². The monoisotopic (exact) mass is 223 g/mol. The van der Waals surface area contributed by atoms with Crippen LogP contribution in [-0.4, -0.2) is 30.6 Å². The highest BCUT2D eigenvalue weighted by atomic mass is 16.5. The molecule has 0 saturated carbocycles. The Kier molecular flexibility index (Phi) is 4.57. The van der Waals surface area contributed by atoms with E-state index in [1.54, 1.807) is 13.0 Å². The Bertz CT molecular complexity index is 355. The van der Waals surface area contributed by atoms with E-state index in [2.05, 4.69) is 20.4 Å². The molecule has 0 bridgehead atoms. The summed E-state index contributed by atoms with van der Waals surface area (Å²) in [7, 11) is 1.36. The van der Waals surface area contributed by atoms with E-state index in [9.17, 15) is 4.79 Å². The Hall–Kier alpha value is -1.78. The number of anilines is 2. The molecular weight excluding hydrogens is 206 g/mol. The van der Waals surface area contributed by atoms with Gasteiger partial charge >= 0.3 is 5.97 Å². The largest absolute Gasteiger partial charge is 0.467 e. The molecule has 1 heterocycles. The summed E-state index contributed by atoms with van der Waals surface area (Å²) in [6.07, 6.45) is 0. The summed E-state index contributed by atoms with van der Waals surface area (Å²) in [4.78, 5) is 15.5. The number of esters is 1. The van der Waals surface area contributed by atoms with Crippen molar-refractivity contribution in [3.05, 3.63) is 18.2 Å². The van der Waals surface area contributed by atoms with Gasteiger partial charge in [-0.15, -0.1) is 0 Å². The number of rotatable bonds is 5. The van der Waals surface area contributed by atoms with Gasteiger partial charge in [-0.05, 0) is 26.0 Å². The van der Waals surface area contributed by atoms with Gasteiger partial charge in [0, 0.05) is 6.54 Å². The van der Waals surface area contributed by atoms with Crippen LogP contribution >= 0.6 is 0 Å². The first-order valence-corrected chi connectivity index (χ1v) is 5.22. The van der Waals surface area contributed by atoms with E-state index in [0.717, 1.165) is 12.4 Å². The Balaban J connectivity index is 2.66. The molecule has 0 fully saturated rings. The highest BCUT2D eigenvalue weighted by Crippen LogP contribution is 2.10. The average molecular weight is 223 g/mol. The number of hydrogen-bond acceptors (Lipinski definition) is 5. The predicted molar refractivity (Wildman–Crippen MR) is 63.5 cm³/mol. The van der Waals surface area contributed by atoms with Crippen LogP contribution in [0.3, 0.4) is 0 Å². The van der Waals surface area contributed by atoms with Gasteiger partial charge in [0.2, 0.25) is 0 Å². The minimum absolute atomic E-state index is 0.310. The molecule has 0 amide bonds. The molecule has 1 atom stereocenters. The van der Waals surface area contributed by atoms with E-state index >= 15 is 0 Å². The molecule has 5 nitrogen and oxygen atoms in total. The fourth-order valence-electron chi connectivity index (χ4n) is 1.25. The summed E-state index contributed by atoms with van der Waals surface area (Å²) in [6, 6.07) is 5.14. The third-order valence-corrected chi connectivity index (χ3v) is 2.03. The van der Waals surface area contributed by atoms with Crippen LogP contribution in [0.1, 0.15) is 13.8 Å². The maximum Gasteiger partial charge on any atom is 0.328 e. The SMILES string of the molecule is CCNc1cccc(NC(C)C(=O)OC)n1. The van der Waals surface area contributed by atoms with E-state index in [0.29, 0.717) is 5.82 Å². The molecule has 0 aliphatic carbocycles. The van der Waals surface area contributed by atoms with Crippen LogP contribution in [0.25, 0.3) is 0 Å². The highest BCUT2D eigenvalue weighted by Gasteiger charge is 2.12. The van der Waals surface area contributed by atoms with Crippen LogP contribution in [0.5, 0.6) is 0 Å². The number of ether oxygens (including phenoxy) is 1. The normalized spacial score (nSPS) is 11.7. The zero-order valence-electron chi connectivity index (χ0n) is 9.78. The maximum atomic E-state index is 11.2. The molecule has 88 valence electrons. The standard InChI is InChI=1S/C11H17N3O2/c1-4-12-9-6-5-7-10(14-9)13-8(2)11(15)16-3/h5-8H,4H2,1-3H3,(H2,12,13,14). The average Bonchev–Trinajstić information content (AvgIpc) is 2.29. The van der Waals surface area contributed by atoms with Gasteiger partial charge in [-0.1, -0.05) is 6.07 Å². The van der Waals surface area contributed by atoms with Crippen molar-refractivity contribution in [3.8, 4) is 0 Å². The minimum Gasteiger partial charge on any atom is -0.467 e. The lowest BCUT2D eigenvalue weighted by molar-refractivity contribution is -0.141. The molecule has 0 aliphatic rings. The van der Waals surface area contributed by atoms with E-state index in [1.165, 1.54) is 7.11 Å². The molecule has 0 aliphatic heterocycles. The van der Waals surface area contributed by atoms with E-state index in [4.69, 9.17) is 0 Å². The fourth-order valence-corrected chi connectivity index (χ4v) is 1.25. The van der Waals surface area contributed by atoms with Crippen molar-refractivity contribution < 1.29 is 9.53 Å². The zero-order chi connectivity index (χ0) is 12.0. The van der Waals surface area contributed by atoms with Gasteiger partial charge in [-0.3, -0.25) is 0 Å². The number of pyridine rings is 1. The molecule has 2 N–H and O–H groups in total. The summed E-state index contributed by atoms with van der Waals surface area (Å²) >= 11 is 0. The smallest absolute Gasteiger partial charge is 0.328 e. The first kappa shape index (κ1) is 12.3. The van der Waals surface area contributed by atoms with Gasteiger partial charge in [0.15, 0.2) is 0 Å². The number of hydrogen-bond donors (Lipinski definition) is 2.